The fourth-order valence-electron chi connectivity index (χ4n) is 2.83. The number of likely N-dealkylation sites (tertiary alicyclic amines) is 1. The fraction of sp³-hybridized carbons (Fsp3) is 0.850. The normalized spacial score (nSPS) is 16.2. The molecule has 0 aromatic rings. The standard InChI is InChI=1S/C20H38N4O4/c1-19(2,3)27-17(25)22-16(23-18(26)28-20(4,5)6)21-12-8-9-15-10-13-24(7)14-11-15/h15H,8-14H2,1-7H3,(H2,21,22,23,25,26). The van der Waals surface area contributed by atoms with Crippen LogP contribution in [0, 0.1) is 5.92 Å². The molecule has 1 aliphatic rings. The van der Waals surface area contributed by atoms with E-state index in [0.29, 0.717) is 12.5 Å². The van der Waals surface area contributed by atoms with Crippen molar-refractivity contribution in [2.45, 2.75) is 78.4 Å². The number of amides is 2. The molecule has 8 heteroatoms. The number of aliphatic imine (C=N–C) groups is 1. The van der Waals surface area contributed by atoms with Gasteiger partial charge >= 0.3 is 12.2 Å². The van der Waals surface area contributed by atoms with Gasteiger partial charge in [0.25, 0.3) is 0 Å². The zero-order valence-corrected chi connectivity index (χ0v) is 18.6. The van der Waals surface area contributed by atoms with Gasteiger partial charge in [-0.2, -0.15) is 0 Å². The third kappa shape index (κ3) is 11.8. The minimum absolute atomic E-state index is 0.0480. The van der Waals surface area contributed by atoms with Crippen molar-refractivity contribution in [2.24, 2.45) is 10.9 Å². The van der Waals surface area contributed by atoms with E-state index in [1.54, 1.807) is 41.5 Å². The molecule has 0 aromatic carbocycles. The van der Waals surface area contributed by atoms with E-state index in [2.05, 4.69) is 27.6 Å². The summed E-state index contributed by atoms with van der Waals surface area (Å²) in [4.78, 5) is 30.8. The van der Waals surface area contributed by atoms with Gasteiger partial charge in [-0.05, 0) is 93.3 Å². The van der Waals surface area contributed by atoms with E-state index in [9.17, 15) is 9.59 Å². The van der Waals surface area contributed by atoms with Gasteiger partial charge in [-0.3, -0.25) is 15.6 Å². The molecule has 0 radical (unpaired) electrons. The Balaban J connectivity index is 2.58. The number of nitrogens with one attached hydrogen (secondary N) is 2. The first kappa shape index (κ1) is 24.2. The number of rotatable bonds is 4. The maximum atomic E-state index is 12.0. The van der Waals surface area contributed by atoms with E-state index in [1.165, 1.54) is 12.8 Å². The van der Waals surface area contributed by atoms with Crippen LogP contribution in [0.3, 0.4) is 0 Å². The van der Waals surface area contributed by atoms with Gasteiger partial charge < -0.3 is 14.4 Å². The van der Waals surface area contributed by atoms with Crippen LogP contribution in [-0.4, -0.2) is 60.9 Å². The van der Waals surface area contributed by atoms with Crippen LogP contribution in [0.4, 0.5) is 9.59 Å². The van der Waals surface area contributed by atoms with Crippen LogP contribution in [0.15, 0.2) is 4.99 Å². The Labute approximate surface area is 169 Å². The van der Waals surface area contributed by atoms with Crippen molar-refractivity contribution >= 4 is 18.1 Å². The average molecular weight is 399 g/mol. The van der Waals surface area contributed by atoms with Crippen LogP contribution >= 0.6 is 0 Å². The van der Waals surface area contributed by atoms with Crippen LogP contribution in [0.5, 0.6) is 0 Å². The Kier molecular flexibility index (Phi) is 9.20. The second-order valence-electron chi connectivity index (χ2n) is 9.37. The summed E-state index contributed by atoms with van der Waals surface area (Å²) in [6, 6.07) is 0. The van der Waals surface area contributed by atoms with Crippen molar-refractivity contribution in [3.8, 4) is 0 Å². The van der Waals surface area contributed by atoms with Crippen molar-refractivity contribution in [3.63, 3.8) is 0 Å². The lowest BCUT2D eigenvalue weighted by Gasteiger charge is -2.28. The summed E-state index contributed by atoms with van der Waals surface area (Å²) >= 11 is 0. The number of alkyl carbamates (subject to hydrolysis) is 2. The van der Waals surface area contributed by atoms with Crippen LogP contribution in [0.25, 0.3) is 0 Å². The number of hydrogen-bond donors (Lipinski definition) is 2. The van der Waals surface area contributed by atoms with Gasteiger partial charge in [-0.15, -0.1) is 0 Å². The number of carbonyl (C=O) groups excluding carboxylic acids is 2. The number of hydrogen-bond acceptors (Lipinski definition) is 6. The largest absolute Gasteiger partial charge is 0.444 e. The number of guanidine groups is 1. The highest BCUT2D eigenvalue weighted by atomic mass is 16.6. The van der Waals surface area contributed by atoms with E-state index in [0.717, 1.165) is 25.9 Å². The number of piperidine rings is 1. The van der Waals surface area contributed by atoms with Crippen LogP contribution in [0.1, 0.15) is 67.2 Å². The maximum absolute atomic E-state index is 12.0. The van der Waals surface area contributed by atoms with Gasteiger partial charge in [0.15, 0.2) is 0 Å². The molecule has 2 amide bonds. The molecule has 8 nitrogen and oxygen atoms in total. The van der Waals surface area contributed by atoms with Gasteiger partial charge in [0.1, 0.15) is 11.2 Å². The summed E-state index contributed by atoms with van der Waals surface area (Å²) in [5, 5.41) is 5.01. The molecule has 0 atom stereocenters. The Morgan fingerprint density at radius 2 is 1.43 bits per heavy atom. The fourth-order valence-corrected chi connectivity index (χ4v) is 2.83. The molecule has 0 bridgehead atoms. The summed E-state index contributed by atoms with van der Waals surface area (Å²) < 4.78 is 10.5. The van der Waals surface area contributed by atoms with Crippen LogP contribution in [0.2, 0.25) is 0 Å². The zero-order chi connectivity index (χ0) is 21.4. The molecule has 1 fully saturated rings. The predicted octanol–water partition coefficient (Wildman–Crippen LogP) is 3.51. The predicted molar refractivity (Wildman–Crippen MR) is 110 cm³/mol. The molecule has 1 saturated heterocycles. The van der Waals surface area contributed by atoms with Crippen LogP contribution in [-0.2, 0) is 9.47 Å². The molecular formula is C20H38N4O4. The molecule has 28 heavy (non-hydrogen) atoms. The molecule has 0 aliphatic carbocycles. The highest BCUT2D eigenvalue weighted by Crippen LogP contribution is 2.20. The highest BCUT2D eigenvalue weighted by molar-refractivity contribution is 6.01. The number of nitrogens with zero attached hydrogens (tertiary/aromatic N) is 2. The SMILES string of the molecule is CN1CCC(CCCN=C(NC(=O)OC(C)(C)C)NC(=O)OC(C)(C)C)CC1. The second kappa shape index (κ2) is 10.6. The summed E-state index contributed by atoms with van der Waals surface area (Å²) in [6.07, 6.45) is 3.06. The van der Waals surface area contributed by atoms with E-state index in [-0.39, 0.29) is 5.96 Å². The second-order valence-corrected chi connectivity index (χ2v) is 9.37. The lowest BCUT2D eigenvalue weighted by atomic mass is 9.92. The molecule has 1 rings (SSSR count). The average Bonchev–Trinajstić information content (AvgIpc) is 2.49. The third-order valence-electron chi connectivity index (χ3n) is 4.12. The Hall–Kier alpha value is -1.83. The molecule has 1 aliphatic heterocycles. The molecule has 1 heterocycles. The van der Waals surface area contributed by atoms with Crippen molar-refractivity contribution < 1.29 is 19.1 Å². The maximum Gasteiger partial charge on any atom is 0.414 e. The zero-order valence-electron chi connectivity index (χ0n) is 18.6. The van der Waals surface area contributed by atoms with Gasteiger partial charge in [-0.1, -0.05) is 0 Å². The summed E-state index contributed by atoms with van der Waals surface area (Å²) in [5.41, 5.74) is -1.29. The molecule has 162 valence electrons. The summed E-state index contributed by atoms with van der Waals surface area (Å²) in [6.45, 7) is 13.4. The lowest BCUT2D eigenvalue weighted by Crippen LogP contribution is -2.47. The summed E-state index contributed by atoms with van der Waals surface area (Å²) in [5.74, 6) is 0.763. The molecule has 0 aromatic heterocycles. The Morgan fingerprint density at radius 1 is 0.964 bits per heavy atom. The van der Waals surface area contributed by atoms with Gasteiger partial charge in [-0.25, -0.2) is 9.59 Å². The lowest BCUT2D eigenvalue weighted by molar-refractivity contribution is 0.0545. The monoisotopic (exact) mass is 398 g/mol. The topological polar surface area (TPSA) is 92.3 Å². The van der Waals surface area contributed by atoms with Gasteiger partial charge in [0.05, 0.1) is 0 Å². The molecular weight excluding hydrogens is 360 g/mol. The first-order valence-corrected chi connectivity index (χ1v) is 10.1. The molecule has 0 saturated carbocycles. The molecule has 0 spiro atoms. The minimum atomic E-state index is -0.669. The highest BCUT2D eigenvalue weighted by Gasteiger charge is 2.21. The number of ether oxygens (including phenoxy) is 2. The van der Waals surface area contributed by atoms with E-state index in [4.69, 9.17) is 9.47 Å². The first-order valence-electron chi connectivity index (χ1n) is 10.1. The smallest absolute Gasteiger partial charge is 0.414 e. The quantitative estimate of drug-likeness (QED) is 0.429. The Morgan fingerprint density at radius 3 is 1.86 bits per heavy atom. The Bertz CT molecular complexity index is 509. The van der Waals surface area contributed by atoms with E-state index < -0.39 is 23.4 Å². The molecule has 2 N–H and O–H groups in total. The van der Waals surface area contributed by atoms with Gasteiger partial charge in [0.2, 0.25) is 5.96 Å². The van der Waals surface area contributed by atoms with Crippen molar-refractivity contribution in [1.29, 1.82) is 0 Å². The minimum Gasteiger partial charge on any atom is -0.444 e. The number of carbonyl (C=O) groups is 2. The van der Waals surface area contributed by atoms with Crippen molar-refractivity contribution in [2.75, 3.05) is 26.7 Å². The van der Waals surface area contributed by atoms with Crippen molar-refractivity contribution in [3.05, 3.63) is 0 Å². The van der Waals surface area contributed by atoms with Crippen molar-refractivity contribution in [1.82, 2.24) is 15.5 Å². The third-order valence-corrected chi connectivity index (χ3v) is 4.12. The van der Waals surface area contributed by atoms with Crippen LogP contribution < -0.4 is 10.6 Å². The van der Waals surface area contributed by atoms with E-state index in [1.807, 2.05) is 0 Å². The van der Waals surface area contributed by atoms with Gasteiger partial charge in [0, 0.05) is 6.54 Å². The summed E-state index contributed by atoms with van der Waals surface area (Å²) in [7, 11) is 2.15. The molecule has 0 unspecified atom stereocenters. The first-order chi connectivity index (χ1) is 12.8. The van der Waals surface area contributed by atoms with E-state index >= 15 is 0 Å².